The first-order valence-electron chi connectivity index (χ1n) is 5.39. The van der Waals surface area contributed by atoms with Crippen LogP contribution in [0.25, 0.3) is 0 Å². The first-order chi connectivity index (χ1) is 10.0. The van der Waals surface area contributed by atoms with Crippen molar-refractivity contribution in [2.45, 2.75) is 11.8 Å². The van der Waals surface area contributed by atoms with Gasteiger partial charge in [0.05, 0.1) is 5.56 Å². The van der Waals surface area contributed by atoms with Crippen LogP contribution in [0.5, 0.6) is 0 Å². The zero-order valence-corrected chi connectivity index (χ0v) is 10.1. The highest BCUT2D eigenvalue weighted by molar-refractivity contribution is 5.43. The highest BCUT2D eigenvalue weighted by Gasteiger charge is 2.51. The standard InChI is InChI=1S/C12H4F8O2/c13-2-1-12(22,11(20)9(19)10(2)21)3-4(14)6(16)8(18)7(17)5(3)15/h1,11,21-22H. The summed E-state index contributed by atoms with van der Waals surface area (Å²) >= 11 is 0. The van der Waals surface area contributed by atoms with Crippen LogP contribution in [0, 0.1) is 29.1 Å². The molecule has 0 heterocycles. The second-order valence-electron chi connectivity index (χ2n) is 4.32. The molecule has 2 N–H and O–H groups in total. The van der Waals surface area contributed by atoms with Gasteiger partial charge in [-0.1, -0.05) is 0 Å². The third kappa shape index (κ3) is 1.97. The molecule has 0 aromatic heterocycles. The van der Waals surface area contributed by atoms with Crippen molar-refractivity contribution in [3.8, 4) is 0 Å². The maximum atomic E-state index is 13.7. The van der Waals surface area contributed by atoms with E-state index in [9.17, 15) is 40.2 Å². The van der Waals surface area contributed by atoms with Gasteiger partial charge in [-0.05, 0) is 6.08 Å². The zero-order chi connectivity index (χ0) is 17.0. The van der Waals surface area contributed by atoms with Crippen molar-refractivity contribution >= 4 is 0 Å². The lowest BCUT2D eigenvalue weighted by molar-refractivity contribution is -0.00576. The molecular formula is C12H4F8O2. The smallest absolute Gasteiger partial charge is 0.200 e. The molecule has 2 atom stereocenters. The Morgan fingerprint density at radius 2 is 1.23 bits per heavy atom. The van der Waals surface area contributed by atoms with E-state index in [1.54, 1.807) is 0 Å². The highest BCUT2D eigenvalue weighted by atomic mass is 19.2. The maximum Gasteiger partial charge on any atom is 0.200 e. The van der Waals surface area contributed by atoms with Crippen molar-refractivity contribution in [3.05, 3.63) is 58.1 Å². The van der Waals surface area contributed by atoms with Crippen molar-refractivity contribution in [3.63, 3.8) is 0 Å². The largest absolute Gasteiger partial charge is 0.503 e. The van der Waals surface area contributed by atoms with E-state index >= 15 is 0 Å². The Kier molecular flexibility index (Phi) is 3.68. The number of halogens is 8. The first-order valence-corrected chi connectivity index (χ1v) is 5.39. The predicted molar refractivity (Wildman–Crippen MR) is 55.0 cm³/mol. The third-order valence-electron chi connectivity index (χ3n) is 3.02. The summed E-state index contributed by atoms with van der Waals surface area (Å²) in [7, 11) is 0. The molecule has 0 radical (unpaired) electrons. The number of aliphatic hydroxyl groups is 2. The summed E-state index contributed by atoms with van der Waals surface area (Å²) < 4.78 is 106. The van der Waals surface area contributed by atoms with Gasteiger partial charge in [0.25, 0.3) is 0 Å². The average Bonchev–Trinajstić information content (AvgIpc) is 2.47. The quantitative estimate of drug-likeness (QED) is 0.469. The number of rotatable bonds is 1. The number of allylic oxidation sites excluding steroid dienone is 1. The van der Waals surface area contributed by atoms with E-state index in [1.807, 2.05) is 0 Å². The van der Waals surface area contributed by atoms with Crippen molar-refractivity contribution in [1.29, 1.82) is 0 Å². The number of alkyl halides is 1. The molecule has 0 saturated carbocycles. The van der Waals surface area contributed by atoms with E-state index in [2.05, 4.69) is 0 Å². The second kappa shape index (κ2) is 4.97. The van der Waals surface area contributed by atoms with E-state index in [0.29, 0.717) is 0 Å². The monoisotopic (exact) mass is 332 g/mol. The molecule has 0 fully saturated rings. The van der Waals surface area contributed by atoms with E-state index in [4.69, 9.17) is 5.11 Å². The van der Waals surface area contributed by atoms with Crippen LogP contribution in [-0.4, -0.2) is 16.4 Å². The van der Waals surface area contributed by atoms with Gasteiger partial charge < -0.3 is 10.2 Å². The molecule has 1 aromatic carbocycles. The topological polar surface area (TPSA) is 40.5 Å². The van der Waals surface area contributed by atoms with Crippen LogP contribution in [-0.2, 0) is 5.60 Å². The van der Waals surface area contributed by atoms with E-state index < -0.39 is 69.9 Å². The predicted octanol–water partition coefficient (Wildman–Crippen LogP) is 3.51. The van der Waals surface area contributed by atoms with E-state index in [-0.39, 0.29) is 0 Å². The van der Waals surface area contributed by atoms with Gasteiger partial charge in [-0.3, -0.25) is 0 Å². The molecule has 1 aliphatic rings. The van der Waals surface area contributed by atoms with Crippen LogP contribution in [0.15, 0.2) is 23.5 Å². The summed E-state index contributed by atoms with van der Waals surface area (Å²) in [6, 6.07) is 0. The average molecular weight is 332 g/mol. The number of aliphatic hydroxyl groups excluding tert-OH is 1. The summed E-state index contributed by atoms with van der Waals surface area (Å²) in [5.74, 6) is -19.3. The minimum Gasteiger partial charge on any atom is -0.503 e. The molecule has 0 amide bonds. The molecule has 2 nitrogen and oxygen atoms in total. The van der Waals surface area contributed by atoms with Crippen LogP contribution in [0.1, 0.15) is 5.56 Å². The Labute approximate surface area is 116 Å². The Hall–Kier alpha value is -2.10. The molecular weight excluding hydrogens is 328 g/mol. The summed E-state index contributed by atoms with van der Waals surface area (Å²) in [5.41, 5.74) is -6.07. The Morgan fingerprint density at radius 1 is 0.818 bits per heavy atom. The molecule has 0 bridgehead atoms. The van der Waals surface area contributed by atoms with Crippen molar-refractivity contribution in [1.82, 2.24) is 0 Å². The molecule has 0 aliphatic heterocycles. The zero-order valence-electron chi connectivity index (χ0n) is 10.1. The van der Waals surface area contributed by atoms with Crippen molar-refractivity contribution in [2.75, 3.05) is 0 Å². The van der Waals surface area contributed by atoms with Crippen molar-refractivity contribution < 1.29 is 45.3 Å². The molecule has 1 aliphatic carbocycles. The maximum absolute atomic E-state index is 13.7. The van der Waals surface area contributed by atoms with Gasteiger partial charge in [0.15, 0.2) is 52.5 Å². The molecule has 10 heteroatoms. The summed E-state index contributed by atoms with van der Waals surface area (Å²) in [5, 5.41) is 18.6. The van der Waals surface area contributed by atoms with Gasteiger partial charge in [0.1, 0.15) is 0 Å². The van der Waals surface area contributed by atoms with Gasteiger partial charge in [0.2, 0.25) is 5.82 Å². The number of benzene rings is 1. The molecule has 120 valence electrons. The Morgan fingerprint density at radius 3 is 1.68 bits per heavy atom. The molecule has 22 heavy (non-hydrogen) atoms. The van der Waals surface area contributed by atoms with E-state index in [1.165, 1.54) is 0 Å². The fraction of sp³-hybridized carbons (Fsp3) is 0.167. The lowest BCUT2D eigenvalue weighted by Gasteiger charge is -2.31. The van der Waals surface area contributed by atoms with Crippen LogP contribution in [0.4, 0.5) is 35.1 Å². The van der Waals surface area contributed by atoms with Gasteiger partial charge >= 0.3 is 0 Å². The molecule has 0 saturated heterocycles. The summed E-state index contributed by atoms with van der Waals surface area (Å²) in [6.45, 7) is 0. The molecule has 2 rings (SSSR count). The van der Waals surface area contributed by atoms with Gasteiger partial charge in [-0.2, -0.15) is 0 Å². The lowest BCUT2D eigenvalue weighted by Crippen LogP contribution is -2.41. The first kappa shape index (κ1) is 16.3. The van der Waals surface area contributed by atoms with Crippen molar-refractivity contribution in [2.24, 2.45) is 0 Å². The number of hydrogen-bond donors (Lipinski definition) is 2. The van der Waals surface area contributed by atoms with Gasteiger partial charge in [-0.25, -0.2) is 35.1 Å². The minimum absolute atomic E-state index is 0.394. The Bertz CT molecular complexity index is 697. The summed E-state index contributed by atoms with van der Waals surface area (Å²) in [6.07, 6.45) is -3.89. The van der Waals surface area contributed by atoms with Crippen LogP contribution in [0.2, 0.25) is 0 Å². The normalized spacial score (nSPS) is 25.5. The van der Waals surface area contributed by atoms with E-state index in [0.717, 1.165) is 0 Å². The molecule has 0 spiro atoms. The highest BCUT2D eigenvalue weighted by Crippen LogP contribution is 2.43. The summed E-state index contributed by atoms with van der Waals surface area (Å²) in [4.78, 5) is 0. The Balaban J connectivity index is 2.83. The fourth-order valence-electron chi connectivity index (χ4n) is 1.92. The third-order valence-corrected chi connectivity index (χ3v) is 3.02. The van der Waals surface area contributed by atoms with Crippen LogP contribution >= 0.6 is 0 Å². The van der Waals surface area contributed by atoms with Gasteiger partial charge in [0, 0.05) is 0 Å². The SMILES string of the molecule is OC1=C(F)C(F)C(O)(c2c(F)c(F)c(F)c(F)c2F)C=C1F. The molecule has 1 aromatic rings. The fourth-order valence-corrected chi connectivity index (χ4v) is 1.92. The van der Waals surface area contributed by atoms with Crippen LogP contribution in [0.3, 0.4) is 0 Å². The minimum atomic E-state index is -3.88. The van der Waals surface area contributed by atoms with Gasteiger partial charge in [-0.15, -0.1) is 0 Å². The lowest BCUT2D eigenvalue weighted by atomic mass is 9.83. The second-order valence-corrected chi connectivity index (χ2v) is 4.32. The number of hydrogen-bond acceptors (Lipinski definition) is 2. The van der Waals surface area contributed by atoms with Crippen LogP contribution < -0.4 is 0 Å². The molecule has 2 unspecified atom stereocenters.